The zero-order valence-corrected chi connectivity index (χ0v) is 86.1. The van der Waals surface area contributed by atoms with Crippen molar-refractivity contribution < 1.29 is 175 Å². The van der Waals surface area contributed by atoms with Crippen LogP contribution in [-0.4, -0.2) is 409 Å². The van der Waals surface area contributed by atoms with Crippen molar-refractivity contribution in [1.29, 1.82) is 0 Å². The van der Waals surface area contributed by atoms with Gasteiger partial charge in [-0.25, -0.2) is 13.2 Å². The molecule has 0 unspecified atom stereocenters. The first kappa shape index (κ1) is 126. The first-order chi connectivity index (χ1) is 68.3. The summed E-state index contributed by atoms with van der Waals surface area (Å²) < 4.78 is 176. The van der Waals surface area contributed by atoms with Crippen LogP contribution >= 0.6 is 12.0 Å². The third-order valence-corrected chi connectivity index (χ3v) is 23.0. The minimum absolute atomic E-state index is 0.0263. The molecule has 40 nitrogen and oxygen atoms in total. The molecule has 2 aromatic carbocycles. The highest BCUT2D eigenvalue weighted by Gasteiger charge is 2.45. The summed E-state index contributed by atoms with van der Waals surface area (Å²) in [7, 11) is -3.07. The Morgan fingerprint density at radius 3 is 1.16 bits per heavy atom. The number of amides is 3. The van der Waals surface area contributed by atoms with E-state index in [4.69, 9.17) is 119 Å². The minimum atomic E-state index is -4.71. The highest BCUT2D eigenvalue weighted by atomic mass is 32.2. The Kier molecular flexibility index (Phi) is 76.9. The number of rotatable bonds is 96. The van der Waals surface area contributed by atoms with Gasteiger partial charge in [0.2, 0.25) is 11.6 Å². The van der Waals surface area contributed by atoms with Gasteiger partial charge in [0.25, 0.3) is 11.8 Å². The van der Waals surface area contributed by atoms with Crippen molar-refractivity contribution in [3.8, 4) is 0 Å². The van der Waals surface area contributed by atoms with Crippen LogP contribution in [-0.2, 0) is 168 Å². The number of benzene rings is 2. The maximum Gasteiger partial charge on any atom is 0.333 e. The molecule has 0 spiro atoms. The lowest BCUT2D eigenvalue weighted by molar-refractivity contribution is -0.894. The van der Waals surface area contributed by atoms with Crippen molar-refractivity contribution >= 4 is 62.9 Å². The number of nitrogens with zero attached hydrogens (tertiary/aromatic N) is 3. The topological polar surface area (TPSA) is 424 Å². The maximum atomic E-state index is 12.8. The Hall–Kier alpha value is -5.91. The molecule has 0 aromatic heterocycles. The predicted octanol–water partition coefficient (Wildman–Crippen LogP) is 6.35. The molecule has 140 heavy (non-hydrogen) atoms. The number of unbranched alkanes of at least 4 members (excludes halogenated alkanes) is 4. The van der Waals surface area contributed by atoms with E-state index < -0.39 is 38.7 Å². The minimum Gasteiger partial charge on any atom is -0.744 e. The van der Waals surface area contributed by atoms with Crippen LogP contribution in [0.4, 0.5) is 11.4 Å². The Morgan fingerprint density at radius 1 is 0.436 bits per heavy atom. The quantitative estimate of drug-likeness (QED) is 0.0106. The summed E-state index contributed by atoms with van der Waals surface area (Å²) in [6.45, 7) is 42.2. The number of imide groups is 1. The van der Waals surface area contributed by atoms with E-state index in [1.807, 2.05) is 74.6 Å². The number of hydroxylamine groups is 2. The van der Waals surface area contributed by atoms with Gasteiger partial charge in [-0.3, -0.25) is 19.4 Å². The van der Waals surface area contributed by atoms with Crippen LogP contribution < -0.4 is 20.4 Å². The van der Waals surface area contributed by atoms with Gasteiger partial charge in [0.15, 0.2) is 5.71 Å². The number of ether oxygens (including phenoxy) is 24. The lowest BCUT2D eigenvalue weighted by Gasteiger charge is -2.27. The van der Waals surface area contributed by atoms with E-state index in [2.05, 4.69) is 58.8 Å². The van der Waals surface area contributed by atoms with Crippen molar-refractivity contribution in [2.45, 2.75) is 133 Å². The molecule has 3 aliphatic heterocycles. The Balaban J connectivity index is 0.00000561. The number of nitrogens with one attached hydrogen (secondary N) is 2. The summed E-state index contributed by atoms with van der Waals surface area (Å²) in [6.07, 6.45) is 18.1. The average Bonchev–Trinajstić information content (AvgIpc) is 1.59. The van der Waals surface area contributed by atoms with Gasteiger partial charge in [-0.1, -0.05) is 50.6 Å². The number of carbonyl (C=O) groups excluding carboxylic acids is 4. The van der Waals surface area contributed by atoms with Gasteiger partial charge < -0.3 is 143 Å². The van der Waals surface area contributed by atoms with Crippen LogP contribution in [0.1, 0.15) is 124 Å². The lowest BCUT2D eigenvalue weighted by Crippen LogP contribution is -3.11. The van der Waals surface area contributed by atoms with Gasteiger partial charge in [-0.15, -0.1) is 5.06 Å². The molecule has 2 N–H and O–H groups in total. The summed E-state index contributed by atoms with van der Waals surface area (Å²) >= 11 is 0.815. The number of quaternary nitrogens is 1. The molecule has 0 atom stereocenters. The van der Waals surface area contributed by atoms with E-state index in [1.165, 1.54) is 31.8 Å². The molecule has 5 rings (SSSR count). The van der Waals surface area contributed by atoms with Gasteiger partial charge in [-0.05, 0) is 102 Å². The van der Waals surface area contributed by atoms with Crippen LogP contribution in [0.25, 0.3) is 0 Å². The molecule has 0 bridgehead atoms. The average molecular weight is 2040 g/mol. The number of carbonyl (C=O) groups is 4. The van der Waals surface area contributed by atoms with Crippen molar-refractivity contribution in [3.63, 3.8) is 0 Å². The highest BCUT2D eigenvalue weighted by Crippen LogP contribution is 2.49. The molecular weight excluding hydrogens is 1870 g/mol. The third kappa shape index (κ3) is 60.9. The van der Waals surface area contributed by atoms with E-state index >= 15 is 0 Å². The maximum absolute atomic E-state index is 12.8. The Bertz CT molecular complexity index is 3730. The summed E-state index contributed by atoms with van der Waals surface area (Å²) in [5.41, 5.74) is 4.30. The van der Waals surface area contributed by atoms with E-state index in [-0.39, 0.29) is 30.1 Å². The van der Waals surface area contributed by atoms with Gasteiger partial charge in [0.1, 0.15) is 16.7 Å². The van der Waals surface area contributed by atoms with Crippen LogP contribution in [0.3, 0.4) is 0 Å². The SMILES string of the molecule is CC[NH+](CC)CC.COCCOCCOCCOCCOCCOCCOCCOCCOCCOCCOCCOCCOCCOCCOCCOCCOCCOCCOCCOCCOCCOCCOCCOCCNC(=O)CCCCCN1C(=CC=CC=CC=CC2=[N+](CCCCCC(=O)ON3C(=O)CCC3=O)c3ccc(SOO[O-])cc3C2(C)C)C(C)(C)c2cc(S(=O)(=O)[O-])ccc21. The normalized spacial score (nSPS) is 14.4. The molecule has 0 aliphatic carbocycles. The van der Waals surface area contributed by atoms with E-state index in [0.29, 0.717) is 372 Å². The number of fused-ring (bicyclic) bond motifs is 2. The summed E-state index contributed by atoms with van der Waals surface area (Å²) in [5, 5.41) is 17.7. The molecule has 3 heterocycles. The van der Waals surface area contributed by atoms with Crippen molar-refractivity contribution in [2.24, 2.45) is 0 Å². The van der Waals surface area contributed by atoms with Crippen LogP contribution in [0, 0.1) is 0 Å². The molecule has 2 aromatic rings. The molecule has 3 amide bonds. The molecule has 0 radical (unpaired) electrons. The van der Waals surface area contributed by atoms with Crippen LogP contribution in [0.15, 0.2) is 94.4 Å². The first-order valence-electron chi connectivity index (χ1n) is 49.3. The molecule has 3 aliphatic rings. The Morgan fingerprint density at radius 2 is 0.793 bits per heavy atom. The van der Waals surface area contributed by atoms with Gasteiger partial charge >= 0.3 is 5.97 Å². The molecule has 804 valence electrons. The Labute approximate surface area is 834 Å². The van der Waals surface area contributed by atoms with Crippen molar-refractivity contribution in [1.82, 2.24) is 10.4 Å². The zero-order valence-electron chi connectivity index (χ0n) is 84.5. The number of hydrogen-bond acceptors (Lipinski definition) is 37. The molecule has 1 fully saturated rings. The van der Waals surface area contributed by atoms with E-state index in [0.717, 1.165) is 58.8 Å². The number of methoxy groups -OCH3 is 1. The summed E-state index contributed by atoms with van der Waals surface area (Å²) in [4.78, 5) is 58.3. The van der Waals surface area contributed by atoms with Crippen molar-refractivity contribution in [3.05, 3.63) is 95.8 Å². The highest BCUT2D eigenvalue weighted by molar-refractivity contribution is 7.94. The van der Waals surface area contributed by atoms with Crippen LogP contribution in [0.2, 0.25) is 0 Å². The van der Waals surface area contributed by atoms with Gasteiger partial charge in [0, 0.05) is 91.7 Å². The van der Waals surface area contributed by atoms with Gasteiger partial charge in [-0.2, -0.15) is 8.91 Å². The third-order valence-electron chi connectivity index (χ3n) is 21.6. The monoisotopic (exact) mass is 2040 g/mol. The fourth-order valence-electron chi connectivity index (χ4n) is 14.0. The second-order valence-corrected chi connectivity index (χ2v) is 34.7. The summed E-state index contributed by atoms with van der Waals surface area (Å²) in [5.74, 6) is -1.75. The van der Waals surface area contributed by atoms with E-state index in [1.54, 1.807) is 18.1 Å². The number of allylic oxidation sites excluding steroid dienone is 8. The first-order valence-corrected chi connectivity index (χ1v) is 51.5. The zero-order chi connectivity index (χ0) is 101. The van der Waals surface area contributed by atoms with Crippen molar-refractivity contribution in [2.75, 3.05) is 362 Å². The lowest BCUT2D eigenvalue weighted by atomic mass is 9.81. The fraction of sp³-hybridized carbons (Fsp3) is 0.745. The van der Waals surface area contributed by atoms with E-state index in [9.17, 15) is 37.4 Å². The number of anilines is 1. The summed E-state index contributed by atoms with van der Waals surface area (Å²) in [6, 6.07) is 10.3. The van der Waals surface area contributed by atoms with Gasteiger partial charge in [0.05, 0.1) is 353 Å². The number of hydrogen-bond donors (Lipinski definition) is 2. The smallest absolute Gasteiger partial charge is 0.333 e. The molecule has 1 saturated heterocycles. The molecule has 42 heteroatoms. The predicted molar refractivity (Wildman–Crippen MR) is 518 cm³/mol. The second-order valence-electron chi connectivity index (χ2n) is 32.6. The molecular formula is C98H165N5O35S2. The second kappa shape index (κ2) is 85.2. The molecule has 0 saturated carbocycles. The standard InChI is InChI=1S/C92H150N4O35S2.C6H15N/c1-91(2)81-77-79(132-131-130-101)21-23-83(81)94(29-16-10-14-20-90(100)129-96-88(98)25-26-89(96)99)85(91)17-11-7-6-8-12-18-86-92(3,4)82-78-80(133(102,103)104)22-24-84(82)95(86)28-15-9-13-19-87(97)93-27-30-106-33-34-108-37-38-110-41-42-112-45-46-114-49-50-116-53-54-118-57-58-120-61-62-122-65-66-124-69-70-126-73-74-128-76-75-127-72-71-125-68-67-123-64-63-121-60-59-119-56-55-117-52-51-115-48-47-113-44-43-111-40-39-109-36-35-107-32-31-105-5;1-4-7(5-2)6-3/h6-8,11-12,17-18,21-24,77-78H,9-10,13-16,19-20,25-76H2,1-5H3,(H2-,93,97,101,102,103,104);4-6H2,1-3H3. The fourth-order valence-corrected chi connectivity index (χ4v) is 14.9. The largest absolute Gasteiger partial charge is 0.744 e. The van der Waals surface area contributed by atoms with Crippen LogP contribution in [0.5, 0.6) is 0 Å².